The lowest BCUT2D eigenvalue weighted by Gasteiger charge is -2.33. The van der Waals surface area contributed by atoms with E-state index in [1.165, 1.54) is 6.08 Å². The highest BCUT2D eigenvalue weighted by molar-refractivity contribution is 5.97. The first-order valence-corrected chi connectivity index (χ1v) is 11.1. The molecular formula is C28H30FNO3. The lowest BCUT2D eigenvalue weighted by atomic mass is 9.96. The maximum atomic E-state index is 13.9. The van der Waals surface area contributed by atoms with E-state index in [4.69, 9.17) is 9.47 Å². The molecule has 0 amide bonds. The van der Waals surface area contributed by atoms with Gasteiger partial charge in [0.25, 0.3) is 0 Å². The first-order valence-electron chi connectivity index (χ1n) is 11.1. The highest BCUT2D eigenvalue weighted by Gasteiger charge is 2.31. The molecule has 0 N–H and O–H groups in total. The van der Waals surface area contributed by atoms with Gasteiger partial charge >= 0.3 is 0 Å². The average Bonchev–Trinajstić information content (AvgIpc) is 3.07. The number of allylic oxidation sites excluding steroid dienone is 17. The molecule has 5 heteroatoms. The van der Waals surface area contributed by atoms with Crippen LogP contribution < -0.4 is 0 Å². The van der Waals surface area contributed by atoms with Crippen molar-refractivity contribution in [1.29, 1.82) is 0 Å². The van der Waals surface area contributed by atoms with E-state index in [1.807, 2.05) is 72.7 Å². The van der Waals surface area contributed by atoms with Crippen molar-refractivity contribution >= 4 is 5.78 Å². The van der Waals surface area contributed by atoms with Crippen LogP contribution in [0.4, 0.5) is 4.39 Å². The SMILES string of the molecule is C=C/C=C\C=C1/CC(=O)C(OCCOC2=CC=CCC=C2)=C(/C2=C/C/C(F)=C\C=C/C2)N1C. The minimum Gasteiger partial charge on any atom is -0.490 e. The number of Topliss-reactive ketones (excluding diaryl/α,β-unsaturated/α-hetero) is 1. The molecule has 0 aromatic heterocycles. The van der Waals surface area contributed by atoms with Crippen LogP contribution >= 0.6 is 0 Å². The number of hydrogen-bond acceptors (Lipinski definition) is 4. The van der Waals surface area contributed by atoms with E-state index in [9.17, 15) is 9.18 Å². The summed E-state index contributed by atoms with van der Waals surface area (Å²) >= 11 is 0. The van der Waals surface area contributed by atoms with Gasteiger partial charge in [-0.3, -0.25) is 4.79 Å². The molecule has 4 nitrogen and oxygen atoms in total. The fourth-order valence-electron chi connectivity index (χ4n) is 3.61. The third-order valence-corrected chi connectivity index (χ3v) is 5.26. The Morgan fingerprint density at radius 2 is 1.91 bits per heavy atom. The van der Waals surface area contributed by atoms with Gasteiger partial charge in [-0.1, -0.05) is 61.3 Å². The second-order valence-electron chi connectivity index (χ2n) is 7.63. The molecule has 0 saturated carbocycles. The molecule has 0 bridgehead atoms. The van der Waals surface area contributed by atoms with Crippen LogP contribution in [0.1, 0.15) is 25.7 Å². The van der Waals surface area contributed by atoms with Gasteiger partial charge in [0.05, 0.1) is 12.1 Å². The number of ketones is 1. The predicted octanol–water partition coefficient (Wildman–Crippen LogP) is 6.29. The summed E-state index contributed by atoms with van der Waals surface area (Å²) in [5, 5.41) is 0. The summed E-state index contributed by atoms with van der Waals surface area (Å²) in [6, 6.07) is 0. The highest BCUT2D eigenvalue weighted by Crippen LogP contribution is 2.34. The van der Waals surface area contributed by atoms with Crippen LogP contribution in [0.3, 0.4) is 0 Å². The van der Waals surface area contributed by atoms with Crippen molar-refractivity contribution in [1.82, 2.24) is 4.90 Å². The second-order valence-corrected chi connectivity index (χ2v) is 7.63. The minimum absolute atomic E-state index is 0.110. The first kappa shape index (κ1) is 24.1. The van der Waals surface area contributed by atoms with Crippen LogP contribution in [0.2, 0.25) is 0 Å². The van der Waals surface area contributed by atoms with Gasteiger partial charge in [-0.2, -0.15) is 0 Å². The molecule has 0 saturated heterocycles. The van der Waals surface area contributed by atoms with E-state index in [0.717, 1.165) is 23.5 Å². The van der Waals surface area contributed by atoms with Crippen LogP contribution in [0.15, 0.2) is 120 Å². The Balaban J connectivity index is 1.84. The number of rotatable bonds is 8. The van der Waals surface area contributed by atoms with Gasteiger partial charge in [0.2, 0.25) is 5.78 Å². The largest absolute Gasteiger partial charge is 0.490 e. The molecule has 0 radical (unpaired) electrons. The maximum absolute atomic E-state index is 13.9. The van der Waals surface area contributed by atoms with Crippen molar-refractivity contribution in [3.05, 3.63) is 120 Å². The summed E-state index contributed by atoms with van der Waals surface area (Å²) in [7, 11) is 1.90. The summed E-state index contributed by atoms with van der Waals surface area (Å²) < 4.78 is 25.7. The zero-order valence-corrected chi connectivity index (χ0v) is 19.0. The number of carbonyl (C=O) groups is 1. The van der Waals surface area contributed by atoms with Crippen LogP contribution in [-0.4, -0.2) is 30.9 Å². The van der Waals surface area contributed by atoms with Crippen LogP contribution in [0.5, 0.6) is 0 Å². The van der Waals surface area contributed by atoms with Crippen LogP contribution in [0, 0.1) is 0 Å². The minimum atomic E-state index is -0.229. The van der Waals surface area contributed by atoms with E-state index in [1.54, 1.807) is 12.2 Å². The van der Waals surface area contributed by atoms with Gasteiger partial charge in [0, 0.05) is 19.2 Å². The summed E-state index contributed by atoms with van der Waals surface area (Å²) in [4.78, 5) is 15.1. The Labute approximate surface area is 195 Å². The predicted molar refractivity (Wildman–Crippen MR) is 130 cm³/mol. The summed E-state index contributed by atoms with van der Waals surface area (Å²) in [6.45, 7) is 4.20. The summed E-state index contributed by atoms with van der Waals surface area (Å²) in [5.74, 6) is 0.706. The van der Waals surface area contributed by atoms with E-state index < -0.39 is 0 Å². The van der Waals surface area contributed by atoms with E-state index >= 15 is 0 Å². The quantitative estimate of drug-likeness (QED) is 0.324. The van der Waals surface area contributed by atoms with Crippen molar-refractivity contribution in [2.45, 2.75) is 25.7 Å². The molecule has 0 spiro atoms. The molecule has 0 fully saturated rings. The lowest BCUT2D eigenvalue weighted by Crippen LogP contribution is -2.31. The molecule has 0 atom stereocenters. The third-order valence-electron chi connectivity index (χ3n) is 5.26. The maximum Gasteiger partial charge on any atom is 0.205 e. The zero-order chi connectivity index (χ0) is 23.5. The van der Waals surface area contributed by atoms with Crippen molar-refractivity contribution in [3.63, 3.8) is 0 Å². The lowest BCUT2D eigenvalue weighted by molar-refractivity contribution is -0.119. The molecule has 0 aromatic carbocycles. The van der Waals surface area contributed by atoms with Crippen LogP contribution in [0.25, 0.3) is 0 Å². The highest BCUT2D eigenvalue weighted by atomic mass is 19.1. The van der Waals surface area contributed by atoms with Crippen molar-refractivity contribution in [2.75, 3.05) is 20.3 Å². The number of nitrogens with zero attached hydrogens (tertiary/aromatic N) is 1. The van der Waals surface area contributed by atoms with Crippen molar-refractivity contribution in [3.8, 4) is 0 Å². The Morgan fingerprint density at radius 1 is 1.09 bits per heavy atom. The molecule has 3 aliphatic rings. The standard InChI is InChI=1S/C28H30FNO3/c1-3-4-7-14-24-21-26(31)28(33-20-19-32-25-15-8-5-6-9-16-25)27(30(24)2)22-12-10-11-13-23(29)18-17-22/h3-5,7-11,13-17H,1,6,12,18-21H2,2H3/b7-4-,11-10-,22-17+,23-13+,24-14+. The Kier molecular flexibility index (Phi) is 9.07. The molecule has 0 unspecified atom stereocenters. The van der Waals surface area contributed by atoms with Gasteiger partial charge in [-0.25, -0.2) is 4.39 Å². The third kappa shape index (κ3) is 6.94. The van der Waals surface area contributed by atoms with Gasteiger partial charge < -0.3 is 14.4 Å². The Bertz CT molecular complexity index is 1030. The Morgan fingerprint density at radius 3 is 2.76 bits per heavy atom. The van der Waals surface area contributed by atoms with Gasteiger partial charge in [-0.15, -0.1) is 0 Å². The van der Waals surface area contributed by atoms with E-state index in [2.05, 4.69) is 6.58 Å². The summed E-state index contributed by atoms with van der Waals surface area (Å²) in [6.07, 6.45) is 25.8. The fraction of sp³-hybridized carbons (Fsp3) is 0.250. The molecule has 172 valence electrons. The fourth-order valence-corrected chi connectivity index (χ4v) is 3.61. The Hall–Kier alpha value is -3.60. The van der Waals surface area contributed by atoms with Crippen molar-refractivity contribution < 1.29 is 18.7 Å². The topological polar surface area (TPSA) is 38.8 Å². The normalized spacial score (nSPS) is 24.4. The molecule has 0 aromatic rings. The van der Waals surface area contributed by atoms with E-state index in [0.29, 0.717) is 24.5 Å². The number of carbonyl (C=O) groups excluding carboxylic acids is 1. The number of likely N-dealkylation sites (N-methyl/N-ethyl adjacent to an activating group) is 1. The monoisotopic (exact) mass is 447 g/mol. The smallest absolute Gasteiger partial charge is 0.205 e. The van der Waals surface area contributed by atoms with Gasteiger partial charge in [-0.05, 0) is 42.7 Å². The van der Waals surface area contributed by atoms with Crippen LogP contribution in [-0.2, 0) is 14.3 Å². The molecule has 1 aliphatic heterocycles. The molecule has 1 heterocycles. The molecule has 2 aliphatic carbocycles. The van der Waals surface area contributed by atoms with E-state index in [-0.39, 0.29) is 31.1 Å². The number of ether oxygens (including phenoxy) is 2. The zero-order valence-electron chi connectivity index (χ0n) is 19.0. The number of hydrogen-bond donors (Lipinski definition) is 0. The average molecular weight is 448 g/mol. The first-order chi connectivity index (χ1) is 16.1. The molecule has 33 heavy (non-hydrogen) atoms. The van der Waals surface area contributed by atoms with Crippen molar-refractivity contribution in [2.24, 2.45) is 0 Å². The number of halogens is 1. The van der Waals surface area contributed by atoms with Gasteiger partial charge in [0.1, 0.15) is 24.8 Å². The summed E-state index contributed by atoms with van der Waals surface area (Å²) in [5.41, 5.74) is 2.35. The van der Waals surface area contributed by atoms with Gasteiger partial charge in [0.15, 0.2) is 5.76 Å². The molecule has 3 rings (SSSR count). The molecular weight excluding hydrogens is 417 g/mol. The second kappa shape index (κ2) is 12.4.